The summed E-state index contributed by atoms with van der Waals surface area (Å²) in [6.07, 6.45) is 6.00. The van der Waals surface area contributed by atoms with Gasteiger partial charge in [0, 0.05) is 43.5 Å². The molecule has 1 aliphatic heterocycles. The van der Waals surface area contributed by atoms with E-state index < -0.39 is 0 Å². The number of aromatic nitrogens is 1. The number of halogens is 1. The van der Waals surface area contributed by atoms with E-state index in [0.717, 1.165) is 36.2 Å². The fraction of sp³-hybridized carbons (Fsp3) is 0.789. The first-order valence-corrected chi connectivity index (χ1v) is 10.6. The Hall–Kier alpha value is -0.410. The molecule has 5 nitrogen and oxygen atoms in total. The van der Waals surface area contributed by atoms with Gasteiger partial charge in [-0.2, -0.15) is 0 Å². The lowest BCUT2D eigenvalue weighted by Gasteiger charge is -2.33. The van der Waals surface area contributed by atoms with E-state index in [4.69, 9.17) is 4.99 Å². The van der Waals surface area contributed by atoms with E-state index in [9.17, 15) is 0 Å². The molecule has 2 heterocycles. The van der Waals surface area contributed by atoms with Crippen LogP contribution in [0.25, 0.3) is 0 Å². The highest BCUT2D eigenvalue weighted by Crippen LogP contribution is 2.17. The molecule has 2 rings (SSSR count). The summed E-state index contributed by atoms with van der Waals surface area (Å²) in [5.74, 6) is 0.966. The smallest absolute Gasteiger partial charge is 0.191 e. The lowest BCUT2D eigenvalue weighted by atomic mass is 10.0. The van der Waals surface area contributed by atoms with E-state index >= 15 is 0 Å². The SMILES string of the molecule is CCCCN1CCC(NC(=NCCc2sc(C)nc2C)NCC)CC1.I. The zero-order valence-electron chi connectivity index (χ0n) is 16.8. The molecule has 2 N–H and O–H groups in total. The van der Waals surface area contributed by atoms with E-state index in [2.05, 4.69) is 48.2 Å². The van der Waals surface area contributed by atoms with Gasteiger partial charge < -0.3 is 15.5 Å². The second-order valence-corrected chi connectivity index (χ2v) is 8.15. The molecule has 0 atom stereocenters. The maximum Gasteiger partial charge on any atom is 0.191 e. The van der Waals surface area contributed by atoms with Gasteiger partial charge in [-0.1, -0.05) is 13.3 Å². The van der Waals surface area contributed by atoms with Crippen molar-refractivity contribution >= 4 is 41.3 Å². The van der Waals surface area contributed by atoms with Gasteiger partial charge in [0.25, 0.3) is 0 Å². The third-order valence-electron chi connectivity index (χ3n) is 4.71. The number of unbranched alkanes of at least 4 members (excludes halogenated alkanes) is 1. The molecule has 7 heteroatoms. The minimum Gasteiger partial charge on any atom is -0.357 e. The van der Waals surface area contributed by atoms with E-state index in [-0.39, 0.29) is 24.0 Å². The average Bonchev–Trinajstić information content (AvgIpc) is 2.92. The van der Waals surface area contributed by atoms with Crippen LogP contribution in [-0.2, 0) is 6.42 Å². The van der Waals surface area contributed by atoms with E-state index in [1.54, 1.807) is 11.3 Å². The van der Waals surface area contributed by atoms with Crippen molar-refractivity contribution < 1.29 is 0 Å². The van der Waals surface area contributed by atoms with Gasteiger partial charge >= 0.3 is 0 Å². The Balaban J connectivity index is 0.00000338. The second-order valence-electron chi connectivity index (χ2n) is 6.87. The topological polar surface area (TPSA) is 52.5 Å². The molecule has 0 unspecified atom stereocenters. The Bertz CT molecular complexity index is 538. The number of nitrogens with one attached hydrogen (secondary N) is 2. The van der Waals surface area contributed by atoms with Crippen LogP contribution in [-0.4, -0.2) is 54.6 Å². The Kier molecular flexibility index (Phi) is 11.7. The molecule has 1 saturated heterocycles. The third kappa shape index (κ3) is 8.08. The zero-order chi connectivity index (χ0) is 18.1. The molecule has 0 spiro atoms. The molecular formula is C19H36IN5S. The van der Waals surface area contributed by atoms with Crippen LogP contribution < -0.4 is 10.6 Å². The Labute approximate surface area is 180 Å². The number of rotatable bonds is 8. The molecule has 1 aliphatic rings. The molecule has 0 bridgehead atoms. The lowest BCUT2D eigenvalue weighted by molar-refractivity contribution is 0.203. The number of guanidine groups is 1. The van der Waals surface area contributed by atoms with Gasteiger partial charge in [-0.05, 0) is 46.6 Å². The van der Waals surface area contributed by atoms with Gasteiger partial charge in [0.05, 0.1) is 10.7 Å². The molecule has 0 saturated carbocycles. The lowest BCUT2D eigenvalue weighted by Crippen LogP contribution is -2.48. The van der Waals surface area contributed by atoms with Gasteiger partial charge in [0.15, 0.2) is 5.96 Å². The zero-order valence-corrected chi connectivity index (χ0v) is 20.0. The van der Waals surface area contributed by atoms with Crippen LogP contribution in [0.3, 0.4) is 0 Å². The Morgan fingerprint density at radius 3 is 2.58 bits per heavy atom. The maximum absolute atomic E-state index is 4.78. The molecule has 0 amide bonds. The maximum atomic E-state index is 4.78. The van der Waals surface area contributed by atoms with Gasteiger partial charge in [0.1, 0.15) is 0 Å². The van der Waals surface area contributed by atoms with Gasteiger partial charge in [-0.15, -0.1) is 35.3 Å². The summed E-state index contributed by atoms with van der Waals surface area (Å²) in [7, 11) is 0. The highest BCUT2D eigenvalue weighted by Gasteiger charge is 2.19. The molecule has 1 aromatic rings. The average molecular weight is 494 g/mol. The van der Waals surface area contributed by atoms with Crippen molar-refractivity contribution in [2.24, 2.45) is 4.99 Å². The number of nitrogens with zero attached hydrogens (tertiary/aromatic N) is 3. The summed E-state index contributed by atoms with van der Waals surface area (Å²) in [5, 5.41) is 8.18. The fourth-order valence-electron chi connectivity index (χ4n) is 3.27. The normalized spacial score (nSPS) is 16.4. The van der Waals surface area contributed by atoms with Crippen LogP contribution in [0.2, 0.25) is 0 Å². The molecule has 26 heavy (non-hydrogen) atoms. The summed E-state index contributed by atoms with van der Waals surface area (Å²) in [4.78, 5) is 13.2. The fourth-order valence-corrected chi connectivity index (χ4v) is 4.20. The van der Waals surface area contributed by atoms with E-state index in [0.29, 0.717) is 6.04 Å². The number of thiazole rings is 1. The monoisotopic (exact) mass is 493 g/mol. The van der Waals surface area contributed by atoms with Crippen molar-refractivity contribution in [1.82, 2.24) is 20.5 Å². The predicted molar refractivity (Wildman–Crippen MR) is 124 cm³/mol. The van der Waals surface area contributed by atoms with Crippen molar-refractivity contribution in [3.63, 3.8) is 0 Å². The number of aryl methyl sites for hydroxylation is 2. The first-order valence-electron chi connectivity index (χ1n) is 9.82. The van der Waals surface area contributed by atoms with Crippen LogP contribution in [0.1, 0.15) is 55.1 Å². The third-order valence-corrected chi connectivity index (χ3v) is 5.84. The summed E-state index contributed by atoms with van der Waals surface area (Å²) >= 11 is 1.79. The quantitative estimate of drug-likeness (QED) is 0.329. The number of likely N-dealkylation sites (tertiary alicyclic amines) is 1. The van der Waals surface area contributed by atoms with Crippen LogP contribution in [0.4, 0.5) is 0 Å². The minimum atomic E-state index is 0. The molecule has 0 aromatic carbocycles. The number of aliphatic imine (C=N–C) groups is 1. The van der Waals surface area contributed by atoms with Crippen molar-refractivity contribution in [2.75, 3.05) is 32.7 Å². The van der Waals surface area contributed by atoms with Crippen molar-refractivity contribution in [3.8, 4) is 0 Å². The number of piperidine rings is 1. The van der Waals surface area contributed by atoms with Gasteiger partial charge in [0.2, 0.25) is 0 Å². The summed E-state index contributed by atoms with van der Waals surface area (Å²) in [5.41, 5.74) is 1.16. The van der Waals surface area contributed by atoms with Crippen LogP contribution in [0, 0.1) is 13.8 Å². The van der Waals surface area contributed by atoms with Crippen molar-refractivity contribution in [2.45, 2.75) is 65.8 Å². The molecule has 1 aromatic heterocycles. The van der Waals surface area contributed by atoms with Crippen LogP contribution in [0.5, 0.6) is 0 Å². The summed E-state index contributed by atoms with van der Waals surface area (Å²) in [6.45, 7) is 13.9. The van der Waals surface area contributed by atoms with E-state index in [1.807, 2.05) is 0 Å². The second kappa shape index (κ2) is 12.9. The summed E-state index contributed by atoms with van der Waals surface area (Å²) in [6, 6.07) is 0.545. The summed E-state index contributed by atoms with van der Waals surface area (Å²) < 4.78 is 0. The van der Waals surface area contributed by atoms with Crippen molar-refractivity contribution in [3.05, 3.63) is 15.6 Å². The molecule has 0 radical (unpaired) electrons. The number of hydrogen-bond donors (Lipinski definition) is 2. The predicted octanol–water partition coefficient (Wildman–Crippen LogP) is 3.74. The highest BCUT2D eigenvalue weighted by atomic mass is 127. The van der Waals surface area contributed by atoms with E-state index in [1.165, 1.54) is 50.2 Å². The van der Waals surface area contributed by atoms with Gasteiger partial charge in [-0.25, -0.2) is 4.98 Å². The van der Waals surface area contributed by atoms with Gasteiger partial charge in [-0.3, -0.25) is 4.99 Å². The Morgan fingerprint density at radius 2 is 2.00 bits per heavy atom. The highest BCUT2D eigenvalue weighted by molar-refractivity contribution is 14.0. The standard InChI is InChI=1S/C19H35N5S.HI/c1-5-7-12-24-13-9-17(10-14-24)23-19(20-6-2)21-11-8-18-15(3)22-16(4)25-18;/h17H,5-14H2,1-4H3,(H2,20,21,23);1H. The molecule has 1 fully saturated rings. The molecule has 0 aliphatic carbocycles. The largest absolute Gasteiger partial charge is 0.357 e. The molecule has 150 valence electrons. The minimum absolute atomic E-state index is 0. The molecular weight excluding hydrogens is 457 g/mol. The van der Waals surface area contributed by atoms with Crippen molar-refractivity contribution in [1.29, 1.82) is 0 Å². The first kappa shape index (κ1) is 23.6. The number of hydrogen-bond acceptors (Lipinski definition) is 4. The first-order chi connectivity index (χ1) is 12.1. The van der Waals surface area contributed by atoms with Crippen LogP contribution in [0.15, 0.2) is 4.99 Å². The Morgan fingerprint density at radius 1 is 1.27 bits per heavy atom. The van der Waals surface area contributed by atoms with Crippen LogP contribution >= 0.6 is 35.3 Å².